The average molecular weight is 285 g/mol. The van der Waals surface area contributed by atoms with E-state index in [0.29, 0.717) is 18.5 Å². The number of hydrogen-bond donors (Lipinski definition) is 1. The van der Waals surface area contributed by atoms with Gasteiger partial charge in [-0.3, -0.25) is 4.98 Å². The SMILES string of the molecule is Cc1cc(C)c(C)c(Oc2cncc(CNC(C)C)n2)c1. The van der Waals surface area contributed by atoms with Crippen LogP contribution in [-0.2, 0) is 6.54 Å². The quantitative estimate of drug-likeness (QED) is 0.910. The van der Waals surface area contributed by atoms with Crippen LogP contribution in [0.4, 0.5) is 0 Å². The fraction of sp³-hybridized carbons (Fsp3) is 0.412. The molecule has 0 spiro atoms. The smallest absolute Gasteiger partial charge is 0.238 e. The highest BCUT2D eigenvalue weighted by atomic mass is 16.5. The first-order valence-electron chi connectivity index (χ1n) is 7.25. The van der Waals surface area contributed by atoms with E-state index < -0.39 is 0 Å². The van der Waals surface area contributed by atoms with Gasteiger partial charge in [-0.1, -0.05) is 19.9 Å². The number of benzene rings is 1. The van der Waals surface area contributed by atoms with E-state index >= 15 is 0 Å². The minimum Gasteiger partial charge on any atom is -0.437 e. The average Bonchev–Trinajstić information content (AvgIpc) is 2.42. The van der Waals surface area contributed by atoms with E-state index in [4.69, 9.17) is 4.74 Å². The number of aryl methyl sites for hydroxylation is 2. The molecular formula is C17H23N3O. The molecule has 0 aliphatic heterocycles. The lowest BCUT2D eigenvalue weighted by atomic mass is 10.1. The van der Waals surface area contributed by atoms with Crippen LogP contribution in [0.15, 0.2) is 24.5 Å². The van der Waals surface area contributed by atoms with Crippen molar-refractivity contribution in [3.05, 3.63) is 46.9 Å². The van der Waals surface area contributed by atoms with Crippen LogP contribution in [0.1, 0.15) is 36.2 Å². The molecule has 0 amide bonds. The molecule has 0 saturated heterocycles. The van der Waals surface area contributed by atoms with Gasteiger partial charge in [0.25, 0.3) is 0 Å². The Morgan fingerprint density at radius 2 is 1.90 bits per heavy atom. The molecule has 2 rings (SSSR count). The summed E-state index contributed by atoms with van der Waals surface area (Å²) in [5.41, 5.74) is 4.41. The van der Waals surface area contributed by atoms with Crippen LogP contribution < -0.4 is 10.1 Å². The summed E-state index contributed by atoms with van der Waals surface area (Å²) >= 11 is 0. The predicted molar refractivity (Wildman–Crippen MR) is 84.7 cm³/mol. The van der Waals surface area contributed by atoms with Gasteiger partial charge in [0, 0.05) is 18.8 Å². The van der Waals surface area contributed by atoms with Gasteiger partial charge in [-0.2, -0.15) is 0 Å². The first kappa shape index (κ1) is 15.4. The molecule has 0 bridgehead atoms. The largest absolute Gasteiger partial charge is 0.437 e. The van der Waals surface area contributed by atoms with E-state index in [0.717, 1.165) is 17.0 Å². The highest BCUT2D eigenvalue weighted by molar-refractivity contribution is 5.43. The first-order chi connectivity index (χ1) is 9.95. The van der Waals surface area contributed by atoms with Crippen molar-refractivity contribution in [3.8, 4) is 11.6 Å². The molecule has 0 unspecified atom stereocenters. The van der Waals surface area contributed by atoms with E-state index in [1.54, 1.807) is 12.4 Å². The maximum Gasteiger partial charge on any atom is 0.238 e. The fourth-order valence-corrected chi connectivity index (χ4v) is 2.05. The third-order valence-electron chi connectivity index (χ3n) is 3.33. The molecule has 0 atom stereocenters. The third kappa shape index (κ3) is 4.26. The zero-order valence-electron chi connectivity index (χ0n) is 13.4. The molecule has 0 radical (unpaired) electrons. The summed E-state index contributed by atoms with van der Waals surface area (Å²) in [5, 5.41) is 3.32. The van der Waals surface area contributed by atoms with Crippen molar-refractivity contribution < 1.29 is 4.74 Å². The van der Waals surface area contributed by atoms with Gasteiger partial charge in [0.2, 0.25) is 5.88 Å². The highest BCUT2D eigenvalue weighted by Gasteiger charge is 2.07. The Morgan fingerprint density at radius 1 is 1.14 bits per heavy atom. The van der Waals surface area contributed by atoms with Gasteiger partial charge in [-0.15, -0.1) is 0 Å². The van der Waals surface area contributed by atoms with Crippen LogP contribution in [0.25, 0.3) is 0 Å². The molecule has 1 aromatic carbocycles. The molecule has 112 valence electrons. The molecule has 0 aliphatic rings. The van der Waals surface area contributed by atoms with Crippen molar-refractivity contribution in [2.24, 2.45) is 0 Å². The lowest BCUT2D eigenvalue weighted by molar-refractivity contribution is 0.451. The Hall–Kier alpha value is -1.94. The number of aromatic nitrogens is 2. The molecule has 4 nitrogen and oxygen atoms in total. The van der Waals surface area contributed by atoms with Crippen molar-refractivity contribution in [1.29, 1.82) is 0 Å². The second-order valence-electron chi connectivity index (χ2n) is 5.69. The topological polar surface area (TPSA) is 47.0 Å². The summed E-state index contributed by atoms with van der Waals surface area (Å²) in [6.07, 6.45) is 3.41. The normalized spacial score (nSPS) is 11.0. The zero-order chi connectivity index (χ0) is 15.4. The molecule has 0 aliphatic carbocycles. The van der Waals surface area contributed by atoms with Crippen LogP contribution in [0.2, 0.25) is 0 Å². The minimum absolute atomic E-state index is 0.415. The summed E-state index contributed by atoms with van der Waals surface area (Å²) in [6, 6.07) is 4.60. The number of rotatable bonds is 5. The van der Waals surface area contributed by atoms with E-state index in [9.17, 15) is 0 Å². The molecule has 1 heterocycles. The zero-order valence-corrected chi connectivity index (χ0v) is 13.4. The Bertz CT molecular complexity index is 623. The van der Waals surface area contributed by atoms with Gasteiger partial charge in [0.15, 0.2) is 0 Å². The summed E-state index contributed by atoms with van der Waals surface area (Å²) in [7, 11) is 0. The lowest BCUT2D eigenvalue weighted by Gasteiger charge is -2.12. The van der Waals surface area contributed by atoms with E-state index in [1.165, 1.54) is 11.1 Å². The van der Waals surface area contributed by atoms with Gasteiger partial charge in [-0.05, 0) is 43.5 Å². The minimum atomic E-state index is 0.415. The van der Waals surface area contributed by atoms with Crippen LogP contribution >= 0.6 is 0 Å². The fourth-order valence-electron chi connectivity index (χ4n) is 2.05. The number of nitrogens with one attached hydrogen (secondary N) is 1. The first-order valence-corrected chi connectivity index (χ1v) is 7.25. The Labute approximate surface area is 126 Å². The van der Waals surface area contributed by atoms with Gasteiger partial charge in [0.05, 0.1) is 11.9 Å². The highest BCUT2D eigenvalue weighted by Crippen LogP contribution is 2.27. The van der Waals surface area contributed by atoms with Crippen molar-refractivity contribution in [2.75, 3.05) is 0 Å². The van der Waals surface area contributed by atoms with Crippen molar-refractivity contribution >= 4 is 0 Å². The summed E-state index contributed by atoms with van der Waals surface area (Å²) in [5.74, 6) is 1.38. The maximum atomic E-state index is 5.92. The molecule has 21 heavy (non-hydrogen) atoms. The van der Waals surface area contributed by atoms with Crippen molar-refractivity contribution in [2.45, 2.75) is 47.2 Å². The molecule has 4 heteroatoms. The molecular weight excluding hydrogens is 262 g/mol. The van der Waals surface area contributed by atoms with E-state index in [2.05, 4.69) is 56.0 Å². The molecule has 2 aromatic rings. The van der Waals surface area contributed by atoms with Gasteiger partial charge >= 0.3 is 0 Å². The van der Waals surface area contributed by atoms with Gasteiger partial charge < -0.3 is 10.1 Å². The number of hydrogen-bond acceptors (Lipinski definition) is 4. The summed E-state index contributed by atoms with van der Waals surface area (Å²) in [6.45, 7) is 11.1. The Kier molecular flexibility index (Phi) is 4.91. The Morgan fingerprint density at radius 3 is 2.62 bits per heavy atom. The maximum absolute atomic E-state index is 5.92. The summed E-state index contributed by atoms with van der Waals surface area (Å²) < 4.78 is 5.92. The van der Waals surface area contributed by atoms with E-state index in [1.807, 2.05) is 6.07 Å². The molecule has 0 fully saturated rings. The van der Waals surface area contributed by atoms with E-state index in [-0.39, 0.29) is 0 Å². The standard InChI is InChI=1S/C17H23N3O/c1-11(2)19-9-15-8-18-10-17(20-15)21-16-7-12(3)6-13(4)14(16)5/h6-8,10-11,19H,9H2,1-5H3. The van der Waals surface area contributed by atoms with Crippen molar-refractivity contribution in [3.63, 3.8) is 0 Å². The van der Waals surface area contributed by atoms with Crippen LogP contribution in [0.3, 0.4) is 0 Å². The van der Waals surface area contributed by atoms with Crippen LogP contribution in [0.5, 0.6) is 11.6 Å². The second-order valence-corrected chi connectivity index (χ2v) is 5.69. The van der Waals surface area contributed by atoms with Gasteiger partial charge in [0.1, 0.15) is 5.75 Å². The third-order valence-corrected chi connectivity index (χ3v) is 3.33. The predicted octanol–water partition coefficient (Wildman–Crippen LogP) is 3.69. The number of ether oxygens (including phenoxy) is 1. The molecule has 1 N–H and O–H groups in total. The second kappa shape index (κ2) is 6.68. The Balaban J connectivity index is 2.18. The van der Waals surface area contributed by atoms with Gasteiger partial charge in [-0.25, -0.2) is 4.98 Å². The monoisotopic (exact) mass is 285 g/mol. The van der Waals surface area contributed by atoms with Crippen LogP contribution in [-0.4, -0.2) is 16.0 Å². The number of nitrogens with zero attached hydrogens (tertiary/aromatic N) is 2. The molecule has 0 saturated carbocycles. The molecule has 1 aromatic heterocycles. The lowest BCUT2D eigenvalue weighted by Crippen LogP contribution is -2.22. The van der Waals surface area contributed by atoms with Crippen molar-refractivity contribution in [1.82, 2.24) is 15.3 Å². The summed E-state index contributed by atoms with van der Waals surface area (Å²) in [4.78, 5) is 8.70. The van der Waals surface area contributed by atoms with Crippen LogP contribution in [0, 0.1) is 20.8 Å².